The molecule has 0 bridgehead atoms. The van der Waals surface area contributed by atoms with Gasteiger partial charge in [-0.3, -0.25) is 4.79 Å². The zero-order chi connectivity index (χ0) is 14.7. The molecular formula is C17H17NO3. The summed E-state index contributed by atoms with van der Waals surface area (Å²) in [5.74, 6) is 0.596. The topological polar surface area (TPSA) is 49.8 Å². The molecule has 108 valence electrons. The highest BCUT2D eigenvalue weighted by molar-refractivity contribution is 5.96. The van der Waals surface area contributed by atoms with Crippen LogP contribution in [-0.2, 0) is 17.8 Å². The molecule has 1 amide bonds. The van der Waals surface area contributed by atoms with Gasteiger partial charge in [-0.2, -0.15) is 0 Å². The summed E-state index contributed by atoms with van der Waals surface area (Å²) >= 11 is 0. The zero-order valence-electron chi connectivity index (χ0n) is 11.7. The van der Waals surface area contributed by atoms with E-state index in [1.54, 1.807) is 29.2 Å². The fourth-order valence-electron chi connectivity index (χ4n) is 2.51. The Labute approximate surface area is 123 Å². The van der Waals surface area contributed by atoms with E-state index in [0.717, 1.165) is 17.7 Å². The Morgan fingerprint density at radius 1 is 1.14 bits per heavy atom. The number of ether oxygens (including phenoxy) is 1. The smallest absolute Gasteiger partial charge is 0.264 e. The number of hydrogen-bond acceptors (Lipinski definition) is 3. The minimum Gasteiger partial charge on any atom is -0.484 e. The number of aliphatic hydroxyl groups excluding tert-OH is 1. The Balaban J connectivity index is 1.62. The quantitative estimate of drug-likeness (QED) is 0.935. The molecule has 4 heteroatoms. The first kappa shape index (κ1) is 13.6. The monoisotopic (exact) mass is 283 g/mol. The number of anilines is 1. The van der Waals surface area contributed by atoms with Crippen LogP contribution in [0.25, 0.3) is 0 Å². The Hall–Kier alpha value is -2.33. The Kier molecular flexibility index (Phi) is 3.88. The van der Waals surface area contributed by atoms with E-state index in [1.165, 1.54) is 5.56 Å². The highest BCUT2D eigenvalue weighted by Crippen LogP contribution is 2.27. The molecule has 0 saturated heterocycles. The van der Waals surface area contributed by atoms with Crippen LogP contribution in [0, 0.1) is 0 Å². The van der Waals surface area contributed by atoms with Gasteiger partial charge >= 0.3 is 0 Å². The summed E-state index contributed by atoms with van der Waals surface area (Å²) in [6.07, 6.45) is 0.896. The lowest BCUT2D eigenvalue weighted by atomic mass is 10.2. The fraction of sp³-hybridized carbons (Fsp3) is 0.235. The average Bonchev–Trinajstić information content (AvgIpc) is 2.97. The maximum atomic E-state index is 12.3. The third-order valence-corrected chi connectivity index (χ3v) is 3.66. The maximum absolute atomic E-state index is 12.3. The highest BCUT2D eigenvalue weighted by Gasteiger charge is 2.24. The summed E-state index contributed by atoms with van der Waals surface area (Å²) in [5, 5.41) is 8.98. The molecule has 0 fully saturated rings. The van der Waals surface area contributed by atoms with Crippen molar-refractivity contribution in [3.63, 3.8) is 0 Å². The normalized spacial score (nSPS) is 13.1. The second-order valence-electron chi connectivity index (χ2n) is 5.01. The van der Waals surface area contributed by atoms with E-state index in [1.807, 2.05) is 18.2 Å². The summed E-state index contributed by atoms with van der Waals surface area (Å²) in [5.41, 5.74) is 3.02. The van der Waals surface area contributed by atoms with Crippen LogP contribution >= 0.6 is 0 Å². The van der Waals surface area contributed by atoms with Crippen LogP contribution in [-0.4, -0.2) is 24.2 Å². The van der Waals surface area contributed by atoms with Gasteiger partial charge in [-0.1, -0.05) is 30.3 Å². The van der Waals surface area contributed by atoms with Gasteiger partial charge in [0.25, 0.3) is 5.91 Å². The Bertz CT molecular complexity index is 637. The third-order valence-electron chi connectivity index (χ3n) is 3.66. The highest BCUT2D eigenvalue weighted by atomic mass is 16.5. The van der Waals surface area contributed by atoms with E-state index in [9.17, 15) is 4.79 Å². The molecule has 2 aromatic carbocycles. The first-order valence-corrected chi connectivity index (χ1v) is 6.99. The molecule has 1 aliphatic rings. The molecule has 2 aromatic rings. The zero-order valence-corrected chi connectivity index (χ0v) is 11.7. The van der Waals surface area contributed by atoms with E-state index >= 15 is 0 Å². The van der Waals surface area contributed by atoms with Gasteiger partial charge in [0.15, 0.2) is 6.61 Å². The van der Waals surface area contributed by atoms with Crippen molar-refractivity contribution in [2.75, 3.05) is 18.1 Å². The van der Waals surface area contributed by atoms with Crippen molar-refractivity contribution in [2.24, 2.45) is 0 Å². The van der Waals surface area contributed by atoms with Gasteiger partial charge in [0.2, 0.25) is 0 Å². The standard InChI is InChI=1S/C17H17NO3/c19-11-13-5-7-15(8-6-13)21-12-17(20)18-10-9-14-3-1-2-4-16(14)18/h1-8,19H,9-12H2. The number of amides is 1. The number of benzene rings is 2. The van der Waals surface area contributed by atoms with Crippen LogP contribution in [0.1, 0.15) is 11.1 Å². The molecule has 0 radical (unpaired) electrons. The van der Waals surface area contributed by atoms with Crippen molar-refractivity contribution in [2.45, 2.75) is 13.0 Å². The van der Waals surface area contributed by atoms with Crippen LogP contribution in [0.4, 0.5) is 5.69 Å². The molecular weight excluding hydrogens is 266 g/mol. The Morgan fingerprint density at radius 3 is 2.67 bits per heavy atom. The minimum absolute atomic E-state index is 0.00374. The minimum atomic E-state index is -0.0359. The Morgan fingerprint density at radius 2 is 1.90 bits per heavy atom. The molecule has 0 spiro atoms. The van der Waals surface area contributed by atoms with Gasteiger partial charge in [0, 0.05) is 12.2 Å². The van der Waals surface area contributed by atoms with Crippen LogP contribution in [0.2, 0.25) is 0 Å². The first-order chi connectivity index (χ1) is 10.3. The molecule has 0 saturated carbocycles. The number of hydrogen-bond donors (Lipinski definition) is 1. The first-order valence-electron chi connectivity index (χ1n) is 6.99. The van der Waals surface area contributed by atoms with E-state index in [-0.39, 0.29) is 19.1 Å². The van der Waals surface area contributed by atoms with Crippen LogP contribution in [0.3, 0.4) is 0 Å². The van der Waals surface area contributed by atoms with E-state index in [2.05, 4.69) is 6.07 Å². The molecule has 4 nitrogen and oxygen atoms in total. The number of aliphatic hydroxyl groups is 1. The molecule has 0 aliphatic carbocycles. The second-order valence-corrected chi connectivity index (χ2v) is 5.01. The fourth-order valence-corrected chi connectivity index (χ4v) is 2.51. The molecule has 0 aromatic heterocycles. The summed E-state index contributed by atoms with van der Waals surface area (Å²) in [7, 11) is 0. The van der Waals surface area contributed by atoms with Gasteiger partial charge in [0.05, 0.1) is 6.61 Å². The number of nitrogens with zero attached hydrogens (tertiary/aromatic N) is 1. The van der Waals surface area contributed by atoms with E-state index < -0.39 is 0 Å². The SMILES string of the molecule is O=C(COc1ccc(CO)cc1)N1CCc2ccccc21. The van der Waals surface area contributed by atoms with E-state index in [0.29, 0.717) is 12.3 Å². The molecule has 1 heterocycles. The number of carbonyl (C=O) groups excluding carboxylic acids is 1. The molecule has 0 atom stereocenters. The van der Waals surface area contributed by atoms with Crippen molar-refractivity contribution in [1.82, 2.24) is 0 Å². The average molecular weight is 283 g/mol. The van der Waals surface area contributed by atoms with Gasteiger partial charge < -0.3 is 14.7 Å². The van der Waals surface area contributed by atoms with Gasteiger partial charge in [0.1, 0.15) is 5.75 Å². The second kappa shape index (κ2) is 5.97. The largest absolute Gasteiger partial charge is 0.484 e. The van der Waals surface area contributed by atoms with E-state index in [4.69, 9.17) is 9.84 Å². The van der Waals surface area contributed by atoms with Crippen molar-refractivity contribution in [3.05, 3.63) is 59.7 Å². The van der Waals surface area contributed by atoms with Crippen molar-refractivity contribution < 1.29 is 14.6 Å². The van der Waals surface area contributed by atoms with Gasteiger partial charge in [-0.05, 0) is 35.7 Å². The lowest BCUT2D eigenvalue weighted by Gasteiger charge is -2.17. The molecule has 3 rings (SSSR count). The van der Waals surface area contributed by atoms with Crippen molar-refractivity contribution >= 4 is 11.6 Å². The number of rotatable bonds is 4. The lowest BCUT2D eigenvalue weighted by molar-refractivity contribution is -0.120. The number of para-hydroxylation sites is 1. The van der Waals surface area contributed by atoms with Crippen LogP contribution in [0.15, 0.2) is 48.5 Å². The predicted molar refractivity (Wildman–Crippen MR) is 80.4 cm³/mol. The predicted octanol–water partition coefficient (Wildman–Crippen LogP) is 2.15. The molecule has 0 unspecified atom stereocenters. The summed E-state index contributed by atoms with van der Waals surface area (Å²) in [6, 6.07) is 15.0. The van der Waals surface area contributed by atoms with Gasteiger partial charge in [-0.15, -0.1) is 0 Å². The number of fused-ring (bicyclic) bond motifs is 1. The molecule has 21 heavy (non-hydrogen) atoms. The lowest BCUT2D eigenvalue weighted by Crippen LogP contribution is -2.33. The van der Waals surface area contributed by atoms with Crippen molar-refractivity contribution in [1.29, 1.82) is 0 Å². The van der Waals surface area contributed by atoms with Gasteiger partial charge in [-0.25, -0.2) is 0 Å². The summed E-state index contributed by atoms with van der Waals surface area (Å²) < 4.78 is 5.52. The van der Waals surface area contributed by atoms with Crippen molar-refractivity contribution in [3.8, 4) is 5.75 Å². The summed E-state index contributed by atoms with van der Waals surface area (Å²) in [6.45, 7) is 0.738. The number of carbonyl (C=O) groups is 1. The molecule has 1 aliphatic heterocycles. The van der Waals surface area contributed by atoms with Crippen LogP contribution < -0.4 is 9.64 Å². The molecule has 1 N–H and O–H groups in total. The summed E-state index contributed by atoms with van der Waals surface area (Å²) in [4.78, 5) is 14.0. The maximum Gasteiger partial charge on any atom is 0.264 e. The third kappa shape index (κ3) is 2.90. The van der Waals surface area contributed by atoms with Crippen LogP contribution in [0.5, 0.6) is 5.75 Å².